The van der Waals surface area contributed by atoms with Gasteiger partial charge in [0.05, 0.1) is 12.5 Å². The molecule has 8 nitrogen and oxygen atoms in total. The SMILES string of the molecule is CCOC(=O)C1CCN(C(=NC)NCc2cccc(-c3ncn[nH]3)c2)CC1. The Kier molecular flexibility index (Phi) is 6.40. The molecule has 1 fully saturated rings. The standard InChI is InChI=1S/C19H26N6O2/c1-3-27-18(26)15-7-9-25(10-8-15)19(20-2)21-12-14-5-4-6-16(11-14)17-22-13-23-24-17/h4-6,11,13,15H,3,7-10,12H2,1-2H3,(H,20,21)(H,22,23,24). The van der Waals surface area contributed by atoms with Crippen LogP contribution in [0.15, 0.2) is 35.6 Å². The number of ether oxygens (including phenoxy) is 1. The molecule has 3 rings (SSSR count). The number of carbonyl (C=O) groups excluding carboxylic acids is 1. The Morgan fingerprint density at radius 2 is 2.22 bits per heavy atom. The first kappa shape index (κ1) is 18.9. The Hall–Kier alpha value is -2.90. The number of aromatic amines is 1. The number of hydrogen-bond donors (Lipinski definition) is 2. The van der Waals surface area contributed by atoms with Gasteiger partial charge in [-0.15, -0.1) is 0 Å². The van der Waals surface area contributed by atoms with Crippen LogP contribution in [0, 0.1) is 5.92 Å². The molecular formula is C19H26N6O2. The van der Waals surface area contributed by atoms with E-state index in [0.717, 1.165) is 48.8 Å². The first-order valence-corrected chi connectivity index (χ1v) is 9.28. The zero-order chi connectivity index (χ0) is 19.1. The third-order valence-corrected chi connectivity index (χ3v) is 4.69. The summed E-state index contributed by atoms with van der Waals surface area (Å²) in [6, 6.07) is 8.14. The number of benzene rings is 1. The molecule has 0 amide bonds. The monoisotopic (exact) mass is 370 g/mol. The summed E-state index contributed by atoms with van der Waals surface area (Å²) in [6.45, 7) is 4.53. The molecular weight excluding hydrogens is 344 g/mol. The molecule has 0 spiro atoms. The van der Waals surface area contributed by atoms with Crippen molar-refractivity contribution in [1.82, 2.24) is 25.4 Å². The van der Waals surface area contributed by atoms with Crippen molar-refractivity contribution in [2.75, 3.05) is 26.7 Å². The number of nitrogens with one attached hydrogen (secondary N) is 2. The van der Waals surface area contributed by atoms with Gasteiger partial charge < -0.3 is 15.0 Å². The van der Waals surface area contributed by atoms with E-state index in [4.69, 9.17) is 4.74 Å². The summed E-state index contributed by atoms with van der Waals surface area (Å²) in [5, 5.41) is 10.2. The van der Waals surface area contributed by atoms with Gasteiger partial charge in [0.1, 0.15) is 6.33 Å². The molecule has 1 aliphatic rings. The molecule has 1 saturated heterocycles. The predicted molar refractivity (Wildman–Crippen MR) is 103 cm³/mol. The number of aliphatic imine (C=N–C) groups is 1. The van der Waals surface area contributed by atoms with Crippen molar-refractivity contribution in [3.8, 4) is 11.4 Å². The Bertz CT molecular complexity index is 766. The van der Waals surface area contributed by atoms with Crippen molar-refractivity contribution < 1.29 is 9.53 Å². The molecule has 1 aromatic carbocycles. The van der Waals surface area contributed by atoms with Crippen LogP contribution in [0.2, 0.25) is 0 Å². The van der Waals surface area contributed by atoms with E-state index in [-0.39, 0.29) is 11.9 Å². The van der Waals surface area contributed by atoms with Gasteiger partial charge in [-0.3, -0.25) is 14.9 Å². The second kappa shape index (κ2) is 9.16. The molecule has 0 unspecified atom stereocenters. The number of aromatic nitrogens is 3. The molecule has 0 aliphatic carbocycles. The number of carbonyl (C=O) groups is 1. The summed E-state index contributed by atoms with van der Waals surface area (Å²) in [7, 11) is 1.78. The average Bonchev–Trinajstić information content (AvgIpc) is 3.24. The van der Waals surface area contributed by atoms with Gasteiger partial charge in [0, 0.05) is 32.2 Å². The van der Waals surface area contributed by atoms with E-state index in [1.807, 2.05) is 19.1 Å². The van der Waals surface area contributed by atoms with Crippen LogP contribution >= 0.6 is 0 Å². The predicted octanol–water partition coefficient (Wildman–Crippen LogP) is 1.82. The van der Waals surface area contributed by atoms with Crippen LogP contribution in [-0.4, -0.2) is 58.8 Å². The number of H-pyrrole nitrogens is 1. The maximum atomic E-state index is 11.9. The van der Waals surface area contributed by atoms with E-state index in [2.05, 4.69) is 42.5 Å². The van der Waals surface area contributed by atoms with E-state index in [1.54, 1.807) is 7.05 Å². The van der Waals surface area contributed by atoms with Crippen molar-refractivity contribution in [2.45, 2.75) is 26.3 Å². The molecule has 1 aromatic heterocycles. The summed E-state index contributed by atoms with van der Waals surface area (Å²) < 4.78 is 5.14. The summed E-state index contributed by atoms with van der Waals surface area (Å²) in [4.78, 5) is 22.7. The molecule has 8 heteroatoms. The third-order valence-electron chi connectivity index (χ3n) is 4.69. The highest BCUT2D eigenvalue weighted by molar-refractivity contribution is 5.80. The van der Waals surface area contributed by atoms with Crippen LogP contribution in [0.1, 0.15) is 25.3 Å². The van der Waals surface area contributed by atoms with Crippen molar-refractivity contribution in [1.29, 1.82) is 0 Å². The lowest BCUT2D eigenvalue weighted by Gasteiger charge is -2.33. The Morgan fingerprint density at radius 3 is 2.89 bits per heavy atom. The number of guanidine groups is 1. The summed E-state index contributed by atoms with van der Waals surface area (Å²) in [5.74, 6) is 1.52. The topological polar surface area (TPSA) is 95.5 Å². The molecule has 2 heterocycles. The van der Waals surface area contributed by atoms with Crippen LogP contribution < -0.4 is 5.32 Å². The van der Waals surface area contributed by atoms with Crippen LogP contribution in [-0.2, 0) is 16.1 Å². The summed E-state index contributed by atoms with van der Waals surface area (Å²) in [6.07, 6.45) is 3.09. The molecule has 0 atom stereocenters. The molecule has 27 heavy (non-hydrogen) atoms. The number of hydrogen-bond acceptors (Lipinski definition) is 5. The lowest BCUT2D eigenvalue weighted by Crippen LogP contribution is -2.46. The second-order valence-electron chi connectivity index (χ2n) is 6.45. The second-order valence-corrected chi connectivity index (χ2v) is 6.45. The summed E-state index contributed by atoms with van der Waals surface area (Å²) >= 11 is 0. The van der Waals surface area contributed by atoms with Crippen molar-refractivity contribution in [3.63, 3.8) is 0 Å². The van der Waals surface area contributed by atoms with E-state index >= 15 is 0 Å². The zero-order valence-corrected chi connectivity index (χ0v) is 15.8. The van der Waals surface area contributed by atoms with E-state index in [1.165, 1.54) is 6.33 Å². The average molecular weight is 370 g/mol. The fourth-order valence-corrected chi connectivity index (χ4v) is 3.27. The van der Waals surface area contributed by atoms with Gasteiger partial charge in [-0.25, -0.2) is 4.98 Å². The molecule has 2 aromatic rings. The van der Waals surface area contributed by atoms with Crippen molar-refractivity contribution in [2.24, 2.45) is 10.9 Å². The van der Waals surface area contributed by atoms with Gasteiger partial charge in [-0.05, 0) is 31.4 Å². The quantitative estimate of drug-likeness (QED) is 0.474. The van der Waals surface area contributed by atoms with Crippen LogP contribution in [0.3, 0.4) is 0 Å². The normalized spacial score (nSPS) is 15.6. The fourth-order valence-electron chi connectivity index (χ4n) is 3.27. The molecule has 0 radical (unpaired) electrons. The van der Waals surface area contributed by atoms with Crippen molar-refractivity contribution >= 4 is 11.9 Å². The molecule has 0 saturated carbocycles. The highest BCUT2D eigenvalue weighted by Crippen LogP contribution is 2.19. The number of likely N-dealkylation sites (tertiary alicyclic amines) is 1. The van der Waals surface area contributed by atoms with Gasteiger partial charge in [-0.1, -0.05) is 18.2 Å². The number of piperidine rings is 1. The van der Waals surface area contributed by atoms with Crippen LogP contribution in [0.5, 0.6) is 0 Å². The lowest BCUT2D eigenvalue weighted by atomic mass is 9.97. The molecule has 2 N–H and O–H groups in total. The highest BCUT2D eigenvalue weighted by Gasteiger charge is 2.27. The Balaban J connectivity index is 1.54. The maximum Gasteiger partial charge on any atom is 0.309 e. The van der Waals surface area contributed by atoms with Gasteiger partial charge in [-0.2, -0.15) is 5.10 Å². The third kappa shape index (κ3) is 4.84. The van der Waals surface area contributed by atoms with Gasteiger partial charge in [0.2, 0.25) is 0 Å². The van der Waals surface area contributed by atoms with E-state index in [0.29, 0.717) is 13.2 Å². The van der Waals surface area contributed by atoms with Crippen LogP contribution in [0.4, 0.5) is 0 Å². The van der Waals surface area contributed by atoms with Gasteiger partial charge in [0.25, 0.3) is 0 Å². The number of rotatable bonds is 5. The number of esters is 1. The Labute approximate surface area is 159 Å². The minimum absolute atomic E-state index is 0.00195. The first-order valence-electron chi connectivity index (χ1n) is 9.28. The molecule has 144 valence electrons. The molecule has 0 bridgehead atoms. The maximum absolute atomic E-state index is 11.9. The van der Waals surface area contributed by atoms with Gasteiger partial charge in [0.15, 0.2) is 11.8 Å². The number of nitrogens with zero attached hydrogens (tertiary/aromatic N) is 4. The fraction of sp³-hybridized carbons (Fsp3) is 0.474. The van der Waals surface area contributed by atoms with E-state index < -0.39 is 0 Å². The summed E-state index contributed by atoms with van der Waals surface area (Å²) in [5.41, 5.74) is 2.13. The highest BCUT2D eigenvalue weighted by atomic mass is 16.5. The Morgan fingerprint density at radius 1 is 1.41 bits per heavy atom. The lowest BCUT2D eigenvalue weighted by molar-refractivity contribution is -0.149. The molecule has 1 aliphatic heterocycles. The van der Waals surface area contributed by atoms with Gasteiger partial charge >= 0.3 is 5.97 Å². The minimum Gasteiger partial charge on any atom is -0.466 e. The largest absolute Gasteiger partial charge is 0.466 e. The van der Waals surface area contributed by atoms with Crippen molar-refractivity contribution in [3.05, 3.63) is 36.2 Å². The minimum atomic E-state index is -0.0793. The first-order chi connectivity index (χ1) is 13.2. The van der Waals surface area contributed by atoms with E-state index in [9.17, 15) is 4.79 Å². The zero-order valence-electron chi connectivity index (χ0n) is 15.8. The smallest absolute Gasteiger partial charge is 0.309 e. The van der Waals surface area contributed by atoms with Crippen LogP contribution in [0.25, 0.3) is 11.4 Å².